The summed E-state index contributed by atoms with van der Waals surface area (Å²) in [7, 11) is 0. The van der Waals surface area contributed by atoms with E-state index in [2.05, 4.69) is 4.98 Å². The van der Waals surface area contributed by atoms with Crippen molar-refractivity contribution in [1.29, 1.82) is 0 Å². The molecule has 2 aromatic rings. The Hall–Kier alpha value is -1.78. The minimum atomic E-state index is -4.31. The van der Waals surface area contributed by atoms with Gasteiger partial charge in [-0.25, -0.2) is 4.98 Å². The van der Waals surface area contributed by atoms with Crippen LogP contribution < -0.4 is 0 Å². The normalized spacial score (nSPS) is 11.8. The first-order valence-corrected chi connectivity index (χ1v) is 5.62. The van der Waals surface area contributed by atoms with E-state index in [-0.39, 0.29) is 0 Å². The van der Waals surface area contributed by atoms with E-state index in [1.54, 1.807) is 0 Å². The molecule has 96 valence electrons. The Labute approximate surface area is 102 Å². The Morgan fingerprint density at radius 2 is 1.83 bits per heavy atom. The first kappa shape index (κ1) is 12.7. The highest BCUT2D eigenvalue weighted by molar-refractivity contribution is 5.58. The number of aryl methyl sites for hydroxylation is 1. The lowest BCUT2D eigenvalue weighted by molar-refractivity contribution is -0.137. The van der Waals surface area contributed by atoms with Gasteiger partial charge in [0.15, 0.2) is 5.89 Å². The fourth-order valence-corrected chi connectivity index (χ4v) is 1.60. The van der Waals surface area contributed by atoms with Crippen molar-refractivity contribution in [2.24, 2.45) is 0 Å². The number of rotatable bonds is 3. The minimum Gasteiger partial charge on any atom is -0.448 e. The summed E-state index contributed by atoms with van der Waals surface area (Å²) in [5.74, 6) is 0.604. The number of halogens is 3. The lowest BCUT2D eigenvalue weighted by atomic mass is 10.1. The lowest BCUT2D eigenvalue weighted by Crippen LogP contribution is -2.03. The van der Waals surface area contributed by atoms with Crippen molar-refractivity contribution in [2.45, 2.75) is 25.9 Å². The Balaban J connectivity index is 2.23. The highest BCUT2D eigenvalue weighted by atomic mass is 19.4. The number of alkyl halides is 3. The van der Waals surface area contributed by atoms with Crippen LogP contribution in [0, 0.1) is 0 Å². The largest absolute Gasteiger partial charge is 0.448 e. The van der Waals surface area contributed by atoms with Crippen LogP contribution in [0.1, 0.15) is 24.8 Å². The van der Waals surface area contributed by atoms with Crippen molar-refractivity contribution in [1.82, 2.24) is 4.98 Å². The standard InChI is InChI=1S/C13H12F3NO/c1-2-3-12-17-11(8-18-12)9-4-6-10(7-5-9)13(14,15)16/h4-8H,2-3H2,1H3. The van der Waals surface area contributed by atoms with Gasteiger partial charge < -0.3 is 4.42 Å². The van der Waals surface area contributed by atoms with Gasteiger partial charge in [-0.2, -0.15) is 13.2 Å². The van der Waals surface area contributed by atoms with Crippen molar-refractivity contribution in [2.75, 3.05) is 0 Å². The Morgan fingerprint density at radius 1 is 1.17 bits per heavy atom. The molecule has 2 nitrogen and oxygen atoms in total. The van der Waals surface area contributed by atoms with Gasteiger partial charge in [0.05, 0.1) is 5.56 Å². The third-order valence-corrected chi connectivity index (χ3v) is 2.52. The van der Waals surface area contributed by atoms with Crippen LogP contribution in [-0.4, -0.2) is 4.98 Å². The molecule has 1 aromatic carbocycles. The third kappa shape index (κ3) is 2.72. The van der Waals surface area contributed by atoms with E-state index in [0.29, 0.717) is 17.1 Å². The van der Waals surface area contributed by atoms with Crippen molar-refractivity contribution in [3.63, 3.8) is 0 Å². The van der Waals surface area contributed by atoms with Crippen LogP contribution >= 0.6 is 0 Å². The zero-order chi connectivity index (χ0) is 13.2. The molecule has 5 heteroatoms. The molecule has 0 radical (unpaired) electrons. The van der Waals surface area contributed by atoms with Crippen LogP contribution in [0.25, 0.3) is 11.3 Å². The van der Waals surface area contributed by atoms with E-state index in [9.17, 15) is 13.2 Å². The fraction of sp³-hybridized carbons (Fsp3) is 0.308. The molecule has 0 bridgehead atoms. The van der Waals surface area contributed by atoms with Crippen molar-refractivity contribution in [3.05, 3.63) is 42.0 Å². The van der Waals surface area contributed by atoms with Gasteiger partial charge >= 0.3 is 6.18 Å². The zero-order valence-electron chi connectivity index (χ0n) is 9.79. The Morgan fingerprint density at radius 3 is 2.39 bits per heavy atom. The van der Waals surface area contributed by atoms with Gasteiger partial charge in [0.1, 0.15) is 12.0 Å². The predicted molar refractivity (Wildman–Crippen MR) is 60.9 cm³/mol. The second-order valence-corrected chi connectivity index (χ2v) is 3.95. The molecule has 0 aliphatic heterocycles. The molecule has 2 rings (SSSR count). The number of hydrogen-bond acceptors (Lipinski definition) is 2. The quantitative estimate of drug-likeness (QED) is 0.816. The smallest absolute Gasteiger partial charge is 0.416 e. The summed E-state index contributed by atoms with van der Waals surface area (Å²) in [5, 5.41) is 0. The molecule has 0 N–H and O–H groups in total. The second kappa shape index (κ2) is 4.84. The van der Waals surface area contributed by atoms with Crippen LogP contribution in [0.5, 0.6) is 0 Å². The molecular weight excluding hydrogens is 243 g/mol. The van der Waals surface area contributed by atoms with Gasteiger partial charge in [-0.05, 0) is 18.6 Å². The molecule has 0 aliphatic rings. The number of benzene rings is 1. The molecule has 0 spiro atoms. The van der Waals surface area contributed by atoms with Crippen LogP contribution in [0.2, 0.25) is 0 Å². The average Bonchev–Trinajstić information content (AvgIpc) is 2.77. The molecular formula is C13H12F3NO. The minimum absolute atomic E-state index is 0.562. The van der Waals surface area contributed by atoms with Crippen LogP contribution in [0.4, 0.5) is 13.2 Å². The molecule has 0 amide bonds. The van der Waals surface area contributed by atoms with Crippen molar-refractivity contribution in [3.8, 4) is 11.3 Å². The summed E-state index contributed by atoms with van der Waals surface area (Å²) in [4.78, 5) is 4.21. The van der Waals surface area contributed by atoms with Gasteiger partial charge in [0.2, 0.25) is 0 Å². The average molecular weight is 255 g/mol. The lowest BCUT2D eigenvalue weighted by Gasteiger charge is -2.06. The molecule has 1 aromatic heterocycles. The zero-order valence-corrected chi connectivity index (χ0v) is 9.79. The second-order valence-electron chi connectivity index (χ2n) is 3.95. The maximum Gasteiger partial charge on any atom is 0.416 e. The third-order valence-electron chi connectivity index (χ3n) is 2.52. The summed E-state index contributed by atoms with van der Waals surface area (Å²) in [6, 6.07) is 4.89. The Bertz CT molecular complexity index is 514. The van der Waals surface area contributed by atoms with E-state index >= 15 is 0 Å². The highest BCUT2D eigenvalue weighted by Gasteiger charge is 2.30. The maximum atomic E-state index is 12.4. The molecule has 0 saturated carbocycles. The molecule has 0 aliphatic carbocycles. The summed E-state index contributed by atoms with van der Waals surface area (Å²) >= 11 is 0. The summed E-state index contributed by atoms with van der Waals surface area (Å²) in [5.41, 5.74) is 0.518. The van der Waals surface area contributed by atoms with E-state index in [1.807, 2.05) is 6.92 Å². The maximum absolute atomic E-state index is 12.4. The summed E-state index contributed by atoms with van der Waals surface area (Å²) in [6.45, 7) is 2.00. The number of aromatic nitrogens is 1. The van der Waals surface area contributed by atoms with Gasteiger partial charge in [0, 0.05) is 12.0 Å². The van der Waals surface area contributed by atoms with Crippen molar-refractivity contribution < 1.29 is 17.6 Å². The molecule has 18 heavy (non-hydrogen) atoms. The molecule has 0 fully saturated rings. The van der Waals surface area contributed by atoms with Gasteiger partial charge in [0.25, 0.3) is 0 Å². The van der Waals surface area contributed by atoms with Crippen molar-refractivity contribution >= 4 is 0 Å². The Kier molecular flexibility index (Phi) is 3.41. The van der Waals surface area contributed by atoms with Gasteiger partial charge in [-0.1, -0.05) is 19.1 Å². The van der Waals surface area contributed by atoms with Gasteiger partial charge in [-0.3, -0.25) is 0 Å². The molecule has 0 unspecified atom stereocenters. The van der Waals surface area contributed by atoms with E-state index < -0.39 is 11.7 Å². The van der Waals surface area contributed by atoms with Crippen LogP contribution in [0.15, 0.2) is 34.9 Å². The highest BCUT2D eigenvalue weighted by Crippen LogP contribution is 2.30. The first-order chi connectivity index (χ1) is 8.50. The monoisotopic (exact) mass is 255 g/mol. The fourth-order valence-electron chi connectivity index (χ4n) is 1.60. The van der Waals surface area contributed by atoms with Crippen LogP contribution in [0.3, 0.4) is 0 Å². The molecule has 0 saturated heterocycles. The molecule has 0 atom stereocenters. The molecule has 1 heterocycles. The van der Waals surface area contributed by atoms with E-state index in [4.69, 9.17) is 4.42 Å². The number of hydrogen-bond donors (Lipinski definition) is 0. The first-order valence-electron chi connectivity index (χ1n) is 5.62. The summed E-state index contributed by atoms with van der Waals surface area (Å²) < 4.78 is 42.4. The van der Waals surface area contributed by atoms with Gasteiger partial charge in [-0.15, -0.1) is 0 Å². The topological polar surface area (TPSA) is 26.0 Å². The SMILES string of the molecule is CCCc1nc(-c2ccc(C(F)(F)F)cc2)co1. The van der Waals surface area contributed by atoms with Crippen LogP contribution in [-0.2, 0) is 12.6 Å². The number of oxazole rings is 1. The number of nitrogens with zero attached hydrogens (tertiary/aromatic N) is 1. The van der Waals surface area contributed by atoms with E-state index in [1.165, 1.54) is 18.4 Å². The summed E-state index contributed by atoms with van der Waals surface area (Å²) in [6.07, 6.45) is -1.21. The van der Waals surface area contributed by atoms with E-state index in [0.717, 1.165) is 25.0 Å². The predicted octanol–water partition coefficient (Wildman–Crippen LogP) is 4.31.